The number of non-ortho nitro benzene ring substituents is 1. The van der Waals surface area contributed by atoms with E-state index >= 15 is 0 Å². The highest BCUT2D eigenvalue weighted by Gasteiger charge is 2.28. The number of aromatic nitrogens is 1. The number of carbonyl (C=O) groups is 4. The molecule has 0 fully saturated rings. The topological polar surface area (TPSA) is 189 Å². The smallest absolute Gasteiger partial charge is 0.270 e. The molecule has 0 saturated carbocycles. The molecule has 6 N–H and O–H groups in total. The summed E-state index contributed by atoms with van der Waals surface area (Å²) in [6.45, 7) is 0.852. The Morgan fingerprint density at radius 3 is 2.33 bits per heavy atom. The number of benzene rings is 2. The largest absolute Gasteiger partial charge is 0.368 e. The van der Waals surface area contributed by atoms with E-state index in [1.54, 1.807) is 36.5 Å². The van der Waals surface area contributed by atoms with E-state index in [1.807, 2.05) is 6.07 Å². The lowest BCUT2D eigenvalue weighted by Crippen LogP contribution is -2.55. The van der Waals surface area contributed by atoms with Crippen molar-refractivity contribution in [2.24, 2.45) is 5.73 Å². The minimum atomic E-state index is -1.08. The highest BCUT2D eigenvalue weighted by molar-refractivity contribution is 5.94. The predicted molar refractivity (Wildman–Crippen MR) is 131 cm³/mol. The Kier molecular flexibility index (Phi) is 8.34. The predicted octanol–water partition coefficient (Wildman–Crippen LogP) is 0.452. The van der Waals surface area contributed by atoms with Crippen molar-refractivity contribution < 1.29 is 24.1 Å². The number of nitrogens with two attached hydrogens (primary N) is 1. The summed E-state index contributed by atoms with van der Waals surface area (Å²) < 4.78 is 0. The van der Waals surface area contributed by atoms with Crippen molar-refractivity contribution in [3.8, 4) is 0 Å². The molecule has 4 amide bonds. The minimum absolute atomic E-state index is 0.00748. The number of hydrogen-bond acceptors (Lipinski definition) is 6. The number of amides is 4. The number of nitrogens with one attached hydrogen (secondary N) is 4. The van der Waals surface area contributed by atoms with Crippen LogP contribution < -0.4 is 21.7 Å². The van der Waals surface area contributed by atoms with E-state index in [0.717, 1.165) is 5.56 Å². The van der Waals surface area contributed by atoms with Gasteiger partial charge in [-0.3, -0.25) is 29.3 Å². The average molecular weight is 495 g/mol. The molecule has 2 atom stereocenters. The van der Waals surface area contributed by atoms with Crippen molar-refractivity contribution >= 4 is 40.2 Å². The number of nitro groups is 1. The lowest BCUT2D eigenvalue weighted by Gasteiger charge is -2.23. The van der Waals surface area contributed by atoms with Crippen LogP contribution in [0.15, 0.2) is 54.7 Å². The van der Waals surface area contributed by atoms with Gasteiger partial charge in [0.1, 0.15) is 12.1 Å². The van der Waals surface area contributed by atoms with Crippen LogP contribution in [0.1, 0.15) is 18.1 Å². The summed E-state index contributed by atoms with van der Waals surface area (Å²) in [5.41, 5.74) is 6.96. The third kappa shape index (κ3) is 6.88. The number of nitro benzene ring substituents is 1. The van der Waals surface area contributed by atoms with Gasteiger partial charge in [0, 0.05) is 49.0 Å². The number of rotatable bonds is 11. The zero-order valence-corrected chi connectivity index (χ0v) is 19.4. The number of H-pyrrole nitrogens is 1. The number of hydrogen-bond donors (Lipinski definition) is 5. The van der Waals surface area contributed by atoms with E-state index in [1.165, 1.54) is 19.1 Å². The molecule has 0 spiro atoms. The third-order valence-corrected chi connectivity index (χ3v) is 5.43. The van der Waals surface area contributed by atoms with Crippen LogP contribution in [-0.2, 0) is 32.0 Å². The SMILES string of the molecule is CC(=O)N[C@H](Cc1c[nH]c2ccc([N+](=O)[O-])cc12)C(=O)N[C@@H](Cc1ccccc1)C(=O)NCC(N)=O. The average Bonchev–Trinajstić information content (AvgIpc) is 3.23. The number of nitrogens with zero attached hydrogens (tertiary/aromatic N) is 1. The summed E-state index contributed by atoms with van der Waals surface area (Å²) in [6.07, 6.45) is 1.74. The Balaban J connectivity index is 1.84. The number of primary amides is 1. The first kappa shape index (κ1) is 25.9. The molecule has 0 aliphatic carbocycles. The van der Waals surface area contributed by atoms with E-state index in [0.29, 0.717) is 16.5 Å². The number of fused-ring (bicyclic) bond motifs is 1. The highest BCUT2D eigenvalue weighted by Crippen LogP contribution is 2.24. The highest BCUT2D eigenvalue weighted by atomic mass is 16.6. The molecule has 2 aromatic carbocycles. The Bertz CT molecular complexity index is 1290. The lowest BCUT2D eigenvalue weighted by molar-refractivity contribution is -0.384. The van der Waals surface area contributed by atoms with Gasteiger partial charge in [0.25, 0.3) is 5.69 Å². The molecule has 188 valence electrons. The first-order chi connectivity index (χ1) is 17.1. The van der Waals surface area contributed by atoms with Crippen LogP contribution in [0.5, 0.6) is 0 Å². The van der Waals surface area contributed by atoms with Gasteiger partial charge >= 0.3 is 0 Å². The van der Waals surface area contributed by atoms with Gasteiger partial charge in [-0.1, -0.05) is 30.3 Å². The Morgan fingerprint density at radius 1 is 1.00 bits per heavy atom. The third-order valence-electron chi connectivity index (χ3n) is 5.43. The van der Waals surface area contributed by atoms with Gasteiger partial charge in [-0.25, -0.2) is 0 Å². The van der Waals surface area contributed by atoms with E-state index in [2.05, 4.69) is 20.9 Å². The zero-order chi connectivity index (χ0) is 26.2. The molecular weight excluding hydrogens is 468 g/mol. The molecule has 0 aliphatic heterocycles. The van der Waals surface area contributed by atoms with Gasteiger partial charge in [0.2, 0.25) is 23.6 Å². The van der Waals surface area contributed by atoms with Crippen LogP contribution in [0.3, 0.4) is 0 Å². The van der Waals surface area contributed by atoms with Crippen molar-refractivity contribution in [3.05, 3.63) is 76.0 Å². The molecule has 12 heteroatoms. The summed E-state index contributed by atoms with van der Waals surface area (Å²) in [7, 11) is 0. The summed E-state index contributed by atoms with van der Waals surface area (Å²) in [6, 6.07) is 11.1. The summed E-state index contributed by atoms with van der Waals surface area (Å²) in [5, 5.41) is 19.3. The van der Waals surface area contributed by atoms with Crippen LogP contribution in [0, 0.1) is 10.1 Å². The number of carbonyl (C=O) groups excluding carboxylic acids is 4. The summed E-state index contributed by atoms with van der Waals surface area (Å²) >= 11 is 0. The molecule has 0 aliphatic rings. The fraction of sp³-hybridized carbons (Fsp3) is 0.250. The van der Waals surface area contributed by atoms with E-state index in [9.17, 15) is 29.3 Å². The first-order valence-electron chi connectivity index (χ1n) is 11.1. The maximum atomic E-state index is 13.2. The van der Waals surface area contributed by atoms with Crippen molar-refractivity contribution in [2.45, 2.75) is 31.8 Å². The molecular formula is C24H26N6O6. The van der Waals surface area contributed by atoms with E-state index < -0.39 is 47.2 Å². The molecule has 36 heavy (non-hydrogen) atoms. The Hall–Kier alpha value is -4.74. The van der Waals surface area contributed by atoms with Gasteiger partial charge in [-0.05, 0) is 17.2 Å². The molecule has 3 rings (SSSR count). The first-order valence-corrected chi connectivity index (χ1v) is 11.1. The fourth-order valence-electron chi connectivity index (χ4n) is 3.75. The quantitative estimate of drug-likeness (QED) is 0.190. The summed E-state index contributed by atoms with van der Waals surface area (Å²) in [4.78, 5) is 62.6. The van der Waals surface area contributed by atoms with Crippen LogP contribution in [-0.4, -0.2) is 52.2 Å². The van der Waals surface area contributed by atoms with Gasteiger partial charge in [0.15, 0.2) is 0 Å². The van der Waals surface area contributed by atoms with Crippen LogP contribution in [0.25, 0.3) is 10.9 Å². The lowest BCUT2D eigenvalue weighted by atomic mass is 10.0. The molecule has 0 bridgehead atoms. The van der Waals surface area contributed by atoms with E-state index in [-0.39, 0.29) is 18.5 Å². The summed E-state index contributed by atoms with van der Waals surface area (Å²) in [5.74, 6) is -2.47. The van der Waals surface area contributed by atoms with Crippen molar-refractivity contribution in [1.29, 1.82) is 0 Å². The van der Waals surface area contributed by atoms with E-state index in [4.69, 9.17) is 5.73 Å². The second kappa shape index (κ2) is 11.6. The van der Waals surface area contributed by atoms with Crippen molar-refractivity contribution in [1.82, 2.24) is 20.9 Å². The van der Waals surface area contributed by atoms with Crippen molar-refractivity contribution in [3.63, 3.8) is 0 Å². The molecule has 0 radical (unpaired) electrons. The van der Waals surface area contributed by atoms with Crippen LogP contribution in [0.4, 0.5) is 5.69 Å². The number of aromatic amines is 1. The van der Waals surface area contributed by atoms with Crippen molar-refractivity contribution in [2.75, 3.05) is 6.54 Å². The maximum Gasteiger partial charge on any atom is 0.270 e. The minimum Gasteiger partial charge on any atom is -0.368 e. The second-order valence-electron chi connectivity index (χ2n) is 8.19. The molecule has 0 unspecified atom stereocenters. The van der Waals surface area contributed by atoms with Crippen LogP contribution >= 0.6 is 0 Å². The van der Waals surface area contributed by atoms with Gasteiger partial charge in [-0.2, -0.15) is 0 Å². The Labute approximate surface area is 205 Å². The molecule has 3 aromatic rings. The molecule has 12 nitrogen and oxygen atoms in total. The molecule has 1 heterocycles. The second-order valence-corrected chi connectivity index (χ2v) is 8.19. The normalized spacial score (nSPS) is 12.4. The molecule has 1 aromatic heterocycles. The Morgan fingerprint density at radius 2 is 1.69 bits per heavy atom. The standard InChI is InChI=1S/C24H26N6O6/c1-14(31)28-21(10-16-12-26-19-8-7-17(30(35)36)11-18(16)19)24(34)29-20(23(33)27-13-22(25)32)9-15-5-3-2-4-6-15/h2-8,11-12,20-21,26H,9-10,13H2,1H3,(H2,25,32)(H,27,33)(H,28,31)(H,29,34)/t20-,21+/m0/s1. The zero-order valence-electron chi connectivity index (χ0n) is 19.4. The fourth-order valence-corrected chi connectivity index (χ4v) is 3.75. The van der Waals surface area contributed by atoms with Gasteiger partial charge in [0.05, 0.1) is 11.5 Å². The van der Waals surface area contributed by atoms with Gasteiger partial charge < -0.3 is 26.7 Å². The van der Waals surface area contributed by atoms with Gasteiger partial charge in [-0.15, -0.1) is 0 Å². The maximum absolute atomic E-state index is 13.2. The van der Waals surface area contributed by atoms with Crippen LogP contribution in [0.2, 0.25) is 0 Å². The monoisotopic (exact) mass is 494 g/mol. The molecule has 0 saturated heterocycles.